The average Bonchev–Trinajstić information content (AvgIpc) is 2.16. The molecule has 0 amide bonds. The van der Waals surface area contributed by atoms with Crippen molar-refractivity contribution in [1.29, 1.82) is 0 Å². The summed E-state index contributed by atoms with van der Waals surface area (Å²) in [6.07, 6.45) is 3.89. The highest BCUT2D eigenvalue weighted by Crippen LogP contribution is 2.33. The van der Waals surface area contributed by atoms with Crippen molar-refractivity contribution < 1.29 is 8.85 Å². The first-order valence-electron chi connectivity index (χ1n) is 4.26. The maximum Gasteiger partial charge on any atom is 0.146 e. The molecule has 1 saturated carbocycles. The molecule has 0 radical (unpaired) electrons. The van der Waals surface area contributed by atoms with Gasteiger partial charge in [0.25, 0.3) is 0 Å². The van der Waals surface area contributed by atoms with Gasteiger partial charge >= 0.3 is 0 Å². The largest absolute Gasteiger partial charge is 0.425 e. The number of hydrogen-bond acceptors (Lipinski definition) is 2. The second-order valence-corrected chi connectivity index (χ2v) is 6.82. The van der Waals surface area contributed by atoms with Crippen molar-refractivity contribution in [2.45, 2.75) is 31.5 Å². The lowest BCUT2D eigenvalue weighted by atomic mass is 9.91. The van der Waals surface area contributed by atoms with Crippen molar-refractivity contribution in [3.05, 3.63) is 8.96 Å². The summed E-state index contributed by atoms with van der Waals surface area (Å²) in [6, 6.07) is 0. The van der Waals surface area contributed by atoms with Crippen molar-refractivity contribution in [2.24, 2.45) is 0 Å². The normalized spacial score (nSPS) is 29.5. The van der Waals surface area contributed by atoms with E-state index in [4.69, 9.17) is 8.85 Å². The van der Waals surface area contributed by atoms with Crippen molar-refractivity contribution in [2.75, 3.05) is 0 Å². The van der Waals surface area contributed by atoms with Crippen molar-refractivity contribution in [1.82, 2.24) is 0 Å². The van der Waals surface area contributed by atoms with E-state index in [1.807, 2.05) is 0 Å². The van der Waals surface area contributed by atoms with Gasteiger partial charge in [-0.3, -0.25) is 0 Å². The predicted molar refractivity (Wildman–Crippen MR) is 68.4 cm³/mol. The first-order chi connectivity index (χ1) is 6.17. The molecule has 0 aliphatic heterocycles. The summed E-state index contributed by atoms with van der Waals surface area (Å²) in [5, 5.41) is 0. The zero-order valence-corrected chi connectivity index (χ0v) is 15.0. The molecule has 2 nitrogen and oxygen atoms in total. The van der Waals surface area contributed by atoms with E-state index < -0.39 is 0 Å². The molecule has 0 spiro atoms. The van der Waals surface area contributed by atoms with Gasteiger partial charge in [-0.1, -0.05) is 0 Å². The van der Waals surface area contributed by atoms with Crippen LogP contribution in [0.2, 0.25) is 0 Å². The molecule has 0 saturated heterocycles. The van der Waals surface area contributed by atoms with Crippen LogP contribution in [0, 0.1) is 0 Å². The molecular formula is C7H14Br2O2Si2. The molecular weight excluding hydrogens is 332 g/mol. The molecule has 6 heteroatoms. The zero-order valence-electron chi connectivity index (χ0n) is 7.85. The molecule has 0 heterocycles. The topological polar surface area (TPSA) is 18.5 Å². The Bertz CT molecular complexity index is 193. The first kappa shape index (κ1) is 12.1. The molecule has 2 unspecified atom stereocenters. The Labute approximate surface area is 102 Å². The van der Waals surface area contributed by atoms with E-state index in [9.17, 15) is 0 Å². The molecule has 0 bridgehead atoms. The van der Waals surface area contributed by atoms with Gasteiger partial charge in [-0.15, -0.1) is 0 Å². The van der Waals surface area contributed by atoms with E-state index in [1.165, 1.54) is 5.57 Å². The summed E-state index contributed by atoms with van der Waals surface area (Å²) in [6.45, 7) is 0. The van der Waals surface area contributed by atoms with E-state index in [0.717, 1.165) is 43.6 Å². The van der Waals surface area contributed by atoms with Crippen molar-refractivity contribution >= 4 is 52.8 Å². The Morgan fingerprint density at radius 1 is 1.15 bits per heavy atom. The lowest BCUT2D eigenvalue weighted by Gasteiger charge is -2.30. The summed E-state index contributed by atoms with van der Waals surface area (Å²) in [5.41, 5.74) is 1.38. The van der Waals surface area contributed by atoms with Gasteiger partial charge < -0.3 is 8.85 Å². The lowest BCUT2D eigenvalue weighted by Crippen LogP contribution is -2.28. The molecule has 76 valence electrons. The van der Waals surface area contributed by atoms with Crippen LogP contribution in [0.3, 0.4) is 0 Å². The first-order valence-corrected chi connectivity index (χ1v) is 7.47. The molecule has 1 rings (SSSR count). The van der Waals surface area contributed by atoms with Crippen molar-refractivity contribution in [3.8, 4) is 0 Å². The Hall–Kier alpha value is 1.05. The van der Waals surface area contributed by atoms with E-state index in [2.05, 4.69) is 31.9 Å². The van der Waals surface area contributed by atoms with Crippen LogP contribution in [0.25, 0.3) is 0 Å². The Morgan fingerprint density at radius 2 is 1.62 bits per heavy atom. The van der Waals surface area contributed by atoms with Gasteiger partial charge in [-0.05, 0) is 56.7 Å². The fourth-order valence-corrected chi connectivity index (χ4v) is 2.97. The van der Waals surface area contributed by atoms with Crippen LogP contribution in [0.1, 0.15) is 19.3 Å². The quantitative estimate of drug-likeness (QED) is 0.679. The molecule has 0 aromatic rings. The van der Waals surface area contributed by atoms with Gasteiger partial charge in [0.2, 0.25) is 0 Å². The van der Waals surface area contributed by atoms with Crippen LogP contribution in [0.15, 0.2) is 8.96 Å². The maximum absolute atomic E-state index is 5.50. The van der Waals surface area contributed by atoms with Crippen LogP contribution in [-0.2, 0) is 8.85 Å². The van der Waals surface area contributed by atoms with Crippen molar-refractivity contribution in [3.63, 3.8) is 0 Å². The SMILES string of the molecule is [SiH3]OC1CC(=C(Br)Br)CC(O[SiH3])C1. The van der Waals surface area contributed by atoms with E-state index >= 15 is 0 Å². The standard InChI is InChI=1S/C7H14Br2O2Si2/c8-7(9)4-1-5(10-12)3-6(2-4)11-13/h5-6H,1-3H2,12-13H3. The van der Waals surface area contributed by atoms with E-state index in [0.29, 0.717) is 12.2 Å². The summed E-state index contributed by atoms with van der Waals surface area (Å²) in [4.78, 5) is 0. The average molecular weight is 346 g/mol. The maximum atomic E-state index is 5.50. The second-order valence-electron chi connectivity index (χ2n) is 3.22. The number of halogens is 2. The fourth-order valence-electron chi connectivity index (χ4n) is 1.61. The predicted octanol–water partition coefficient (Wildman–Crippen LogP) is 0.503. The highest BCUT2D eigenvalue weighted by molar-refractivity contribution is 9.28. The second kappa shape index (κ2) is 5.82. The van der Waals surface area contributed by atoms with Gasteiger partial charge in [0.05, 0.1) is 15.6 Å². The van der Waals surface area contributed by atoms with E-state index in [-0.39, 0.29) is 0 Å². The molecule has 0 N–H and O–H groups in total. The zero-order chi connectivity index (χ0) is 9.84. The summed E-state index contributed by atoms with van der Waals surface area (Å²) in [7, 11) is 1.63. The highest BCUT2D eigenvalue weighted by atomic mass is 79.9. The fraction of sp³-hybridized carbons (Fsp3) is 0.714. The number of hydrogen-bond donors (Lipinski definition) is 0. The van der Waals surface area contributed by atoms with Crippen LogP contribution in [0.4, 0.5) is 0 Å². The molecule has 1 aliphatic rings. The minimum absolute atomic E-state index is 0.375. The van der Waals surface area contributed by atoms with Crippen LogP contribution in [-0.4, -0.2) is 33.2 Å². The molecule has 1 fully saturated rings. The van der Waals surface area contributed by atoms with Gasteiger partial charge in [0.15, 0.2) is 0 Å². The van der Waals surface area contributed by atoms with Gasteiger partial charge in [-0.25, -0.2) is 0 Å². The summed E-state index contributed by atoms with van der Waals surface area (Å²) < 4.78 is 12.1. The third-order valence-electron chi connectivity index (χ3n) is 2.41. The monoisotopic (exact) mass is 344 g/mol. The molecule has 13 heavy (non-hydrogen) atoms. The van der Waals surface area contributed by atoms with Gasteiger partial charge in [0.1, 0.15) is 21.0 Å². The smallest absolute Gasteiger partial charge is 0.146 e. The molecule has 0 aromatic heterocycles. The minimum atomic E-state index is 0.375. The van der Waals surface area contributed by atoms with Gasteiger partial charge in [-0.2, -0.15) is 0 Å². The third kappa shape index (κ3) is 3.60. The minimum Gasteiger partial charge on any atom is -0.425 e. The van der Waals surface area contributed by atoms with Crippen LogP contribution >= 0.6 is 31.9 Å². The molecule has 0 aromatic carbocycles. The molecule has 2 atom stereocenters. The van der Waals surface area contributed by atoms with Crippen LogP contribution < -0.4 is 0 Å². The summed E-state index contributed by atoms with van der Waals surface area (Å²) in [5.74, 6) is 0. The van der Waals surface area contributed by atoms with Gasteiger partial charge in [0, 0.05) is 0 Å². The highest BCUT2D eigenvalue weighted by Gasteiger charge is 2.25. The Kier molecular flexibility index (Phi) is 5.43. The molecule has 1 aliphatic carbocycles. The summed E-state index contributed by atoms with van der Waals surface area (Å²) >= 11 is 6.91. The Morgan fingerprint density at radius 3 is 1.92 bits per heavy atom. The van der Waals surface area contributed by atoms with E-state index in [1.54, 1.807) is 0 Å². The number of rotatable bonds is 2. The van der Waals surface area contributed by atoms with Crippen LogP contribution in [0.5, 0.6) is 0 Å². The Balaban J connectivity index is 2.65. The third-order valence-corrected chi connectivity index (χ3v) is 4.86. The lowest BCUT2D eigenvalue weighted by molar-refractivity contribution is 0.102.